The molecule has 3 N–H and O–H groups in total. The Morgan fingerprint density at radius 3 is 2.80 bits per heavy atom. The van der Waals surface area contributed by atoms with Crippen LogP contribution in [0.4, 0.5) is 16.5 Å². The molecule has 0 aliphatic heterocycles. The maximum Gasteiger partial charge on any atom is 0.285 e. The van der Waals surface area contributed by atoms with Crippen LogP contribution in [-0.4, -0.2) is 21.4 Å². The monoisotopic (exact) mass is 394 g/mol. The molecule has 0 aliphatic carbocycles. The van der Waals surface area contributed by atoms with Crippen LogP contribution in [0.5, 0.6) is 0 Å². The van der Waals surface area contributed by atoms with Gasteiger partial charge in [-0.05, 0) is 19.1 Å². The third kappa shape index (κ3) is 4.36. The van der Waals surface area contributed by atoms with Crippen LogP contribution in [0.2, 0.25) is 10.2 Å². The Kier molecular flexibility index (Phi) is 5.32. The molecule has 0 saturated carbocycles. The van der Waals surface area contributed by atoms with E-state index in [0.29, 0.717) is 20.8 Å². The fourth-order valence-electron chi connectivity index (χ4n) is 1.83. The Balaban J connectivity index is 1.71. The summed E-state index contributed by atoms with van der Waals surface area (Å²) < 4.78 is 0. The van der Waals surface area contributed by atoms with E-state index in [-0.39, 0.29) is 5.02 Å². The van der Waals surface area contributed by atoms with E-state index in [1.54, 1.807) is 0 Å². The topological polar surface area (TPSA) is 95.1 Å². The zero-order valence-corrected chi connectivity index (χ0v) is 15.2. The smallest absolute Gasteiger partial charge is 0.285 e. The van der Waals surface area contributed by atoms with Crippen LogP contribution in [0, 0.1) is 6.92 Å². The number of benzene rings is 1. The summed E-state index contributed by atoms with van der Waals surface area (Å²) in [5.41, 5.74) is 4.53. The molecule has 0 unspecified atom stereocenters. The first kappa shape index (κ1) is 17.4. The predicted octanol–water partition coefficient (Wildman–Crippen LogP) is 4.03. The summed E-state index contributed by atoms with van der Waals surface area (Å²) in [5.74, 6) is 0. The first-order chi connectivity index (χ1) is 12.0. The highest BCUT2D eigenvalue weighted by molar-refractivity contribution is 7.17. The van der Waals surface area contributed by atoms with Gasteiger partial charge in [0.25, 0.3) is 5.56 Å². The SMILES string of the molecule is Cc1ccc(Nc2nc(Cl)c(/C=N/Nc3cn[nH]c(=O)c3Cl)s2)cc1. The summed E-state index contributed by atoms with van der Waals surface area (Å²) in [5, 5.41) is 14.0. The van der Waals surface area contributed by atoms with Crippen molar-refractivity contribution in [1.82, 2.24) is 15.2 Å². The molecule has 0 atom stereocenters. The number of hydrogen-bond acceptors (Lipinski definition) is 7. The summed E-state index contributed by atoms with van der Waals surface area (Å²) >= 11 is 13.3. The number of nitrogens with one attached hydrogen (secondary N) is 3. The van der Waals surface area contributed by atoms with Gasteiger partial charge in [0.15, 0.2) is 10.3 Å². The van der Waals surface area contributed by atoms with Crippen LogP contribution in [0.1, 0.15) is 10.4 Å². The Bertz CT molecular complexity index is 967. The highest BCUT2D eigenvalue weighted by Gasteiger charge is 2.08. The molecular weight excluding hydrogens is 383 g/mol. The number of aromatic amines is 1. The molecule has 1 aromatic carbocycles. The molecule has 2 heterocycles. The molecule has 10 heteroatoms. The molecule has 0 fully saturated rings. The quantitative estimate of drug-likeness (QED) is 0.448. The predicted molar refractivity (Wildman–Crippen MR) is 103 cm³/mol. The van der Waals surface area contributed by atoms with Gasteiger partial charge in [-0.2, -0.15) is 10.2 Å². The average Bonchev–Trinajstić information content (AvgIpc) is 2.93. The summed E-state index contributed by atoms with van der Waals surface area (Å²) in [6.07, 6.45) is 2.86. The van der Waals surface area contributed by atoms with Crippen molar-refractivity contribution in [3.05, 3.63) is 61.4 Å². The second-order valence-electron chi connectivity index (χ2n) is 4.96. The Hall–Kier alpha value is -2.42. The van der Waals surface area contributed by atoms with E-state index in [1.165, 1.54) is 29.3 Å². The van der Waals surface area contributed by atoms with E-state index >= 15 is 0 Å². The van der Waals surface area contributed by atoms with Crippen LogP contribution < -0.4 is 16.3 Å². The maximum atomic E-state index is 11.3. The minimum absolute atomic E-state index is 0.0238. The van der Waals surface area contributed by atoms with Crippen LogP contribution in [0.3, 0.4) is 0 Å². The van der Waals surface area contributed by atoms with Crippen molar-refractivity contribution in [3.63, 3.8) is 0 Å². The number of thiazole rings is 1. The molecule has 0 spiro atoms. The number of nitrogens with zero attached hydrogens (tertiary/aromatic N) is 3. The molecule has 0 amide bonds. The van der Waals surface area contributed by atoms with Crippen LogP contribution >= 0.6 is 34.5 Å². The zero-order valence-electron chi connectivity index (χ0n) is 12.9. The van der Waals surface area contributed by atoms with Gasteiger partial charge in [-0.3, -0.25) is 10.2 Å². The zero-order chi connectivity index (χ0) is 17.8. The first-order valence-corrected chi connectivity index (χ1v) is 8.62. The van der Waals surface area contributed by atoms with Gasteiger partial charge in [0, 0.05) is 5.69 Å². The maximum absolute atomic E-state index is 11.3. The number of rotatable bonds is 5. The highest BCUT2D eigenvalue weighted by atomic mass is 35.5. The normalized spacial score (nSPS) is 11.0. The lowest BCUT2D eigenvalue weighted by Crippen LogP contribution is -2.09. The highest BCUT2D eigenvalue weighted by Crippen LogP contribution is 2.28. The van der Waals surface area contributed by atoms with E-state index in [4.69, 9.17) is 23.2 Å². The third-order valence-corrected chi connectivity index (χ3v) is 4.76. The van der Waals surface area contributed by atoms with E-state index in [0.717, 1.165) is 5.69 Å². The lowest BCUT2D eigenvalue weighted by Gasteiger charge is -2.01. The molecule has 0 aliphatic rings. The largest absolute Gasteiger partial charge is 0.331 e. The molecule has 2 aromatic heterocycles. The van der Waals surface area contributed by atoms with Gasteiger partial charge in [-0.1, -0.05) is 52.2 Å². The van der Waals surface area contributed by atoms with Gasteiger partial charge in [0.2, 0.25) is 0 Å². The summed E-state index contributed by atoms with van der Waals surface area (Å²) in [7, 11) is 0. The van der Waals surface area contributed by atoms with Crippen LogP contribution in [0.25, 0.3) is 0 Å². The molecule has 3 aromatic rings. The van der Waals surface area contributed by atoms with Gasteiger partial charge < -0.3 is 5.32 Å². The number of halogens is 2. The fraction of sp³-hybridized carbons (Fsp3) is 0.0667. The second kappa shape index (κ2) is 7.64. The summed E-state index contributed by atoms with van der Waals surface area (Å²) in [6.45, 7) is 2.02. The summed E-state index contributed by atoms with van der Waals surface area (Å²) in [6, 6.07) is 7.93. The first-order valence-electron chi connectivity index (χ1n) is 7.05. The van der Waals surface area contributed by atoms with Crippen LogP contribution in [0.15, 0.2) is 40.4 Å². The number of H-pyrrole nitrogens is 1. The minimum atomic E-state index is -0.498. The molecule has 3 rings (SSSR count). The van der Waals surface area contributed by atoms with Crippen molar-refractivity contribution in [3.8, 4) is 0 Å². The van der Waals surface area contributed by atoms with Crippen molar-refractivity contribution in [2.24, 2.45) is 5.10 Å². The Labute approximate surface area is 156 Å². The number of anilines is 3. The van der Waals surface area contributed by atoms with Crippen LogP contribution in [-0.2, 0) is 0 Å². The molecule has 7 nitrogen and oxygen atoms in total. The van der Waals surface area contributed by atoms with Crippen molar-refractivity contribution < 1.29 is 0 Å². The van der Waals surface area contributed by atoms with Crippen molar-refractivity contribution in [2.45, 2.75) is 6.92 Å². The standard InChI is InChI=1S/C15H12Cl2N6OS/c1-8-2-4-9(5-3-8)20-15-21-13(17)11(25-15)7-19-22-10-6-18-23-14(24)12(10)16/h2-7H,1H3,(H,20,21)(H2,22,23,24)/b19-7+. The van der Waals surface area contributed by atoms with Gasteiger partial charge in [0.05, 0.1) is 17.3 Å². The molecule has 0 bridgehead atoms. The van der Waals surface area contributed by atoms with Crippen molar-refractivity contribution >= 4 is 57.3 Å². The fourth-order valence-corrected chi connectivity index (χ4v) is 3.01. The van der Waals surface area contributed by atoms with Gasteiger partial charge in [0.1, 0.15) is 10.7 Å². The minimum Gasteiger partial charge on any atom is -0.331 e. The van der Waals surface area contributed by atoms with E-state index in [2.05, 4.69) is 31.0 Å². The van der Waals surface area contributed by atoms with Crippen molar-refractivity contribution in [2.75, 3.05) is 10.7 Å². The number of hydrazone groups is 1. The van der Waals surface area contributed by atoms with Crippen molar-refractivity contribution in [1.29, 1.82) is 0 Å². The van der Waals surface area contributed by atoms with Gasteiger partial charge >= 0.3 is 0 Å². The molecular formula is C15H12Cl2N6OS. The number of hydrogen-bond donors (Lipinski definition) is 3. The molecule has 0 saturated heterocycles. The lowest BCUT2D eigenvalue weighted by atomic mass is 10.2. The van der Waals surface area contributed by atoms with E-state index in [9.17, 15) is 4.79 Å². The third-order valence-electron chi connectivity index (χ3n) is 3.07. The number of aromatic nitrogens is 3. The Morgan fingerprint density at radius 2 is 2.04 bits per heavy atom. The summed E-state index contributed by atoms with van der Waals surface area (Å²) in [4.78, 5) is 16.2. The van der Waals surface area contributed by atoms with E-state index in [1.807, 2.05) is 31.2 Å². The molecule has 0 radical (unpaired) electrons. The van der Waals surface area contributed by atoms with Gasteiger partial charge in [-0.15, -0.1) is 0 Å². The molecule has 25 heavy (non-hydrogen) atoms. The van der Waals surface area contributed by atoms with Gasteiger partial charge in [-0.25, -0.2) is 10.1 Å². The lowest BCUT2D eigenvalue weighted by molar-refractivity contribution is 0.987. The second-order valence-corrected chi connectivity index (χ2v) is 6.73. The Morgan fingerprint density at radius 1 is 1.28 bits per heavy atom. The number of aryl methyl sites for hydroxylation is 1. The molecule has 128 valence electrons. The van der Waals surface area contributed by atoms with E-state index < -0.39 is 5.56 Å². The average molecular weight is 395 g/mol.